The number of carbonyl (C=O) groups is 1. The van der Waals surface area contributed by atoms with Crippen molar-refractivity contribution in [1.82, 2.24) is 9.55 Å². The summed E-state index contributed by atoms with van der Waals surface area (Å²) in [7, 11) is 0. The van der Waals surface area contributed by atoms with E-state index in [4.69, 9.17) is 5.73 Å². The molecule has 0 amide bonds. The van der Waals surface area contributed by atoms with E-state index in [0.29, 0.717) is 18.5 Å². The van der Waals surface area contributed by atoms with E-state index in [1.807, 2.05) is 0 Å². The quantitative estimate of drug-likeness (QED) is 0.866. The minimum Gasteiger partial charge on any atom is -0.330 e. The Kier molecular flexibility index (Phi) is 3.30. The molecule has 2 aromatic rings. The Morgan fingerprint density at radius 2 is 2.06 bits per heavy atom. The second kappa shape index (κ2) is 4.88. The largest absolute Gasteiger partial charge is 0.330 e. The van der Waals surface area contributed by atoms with Crippen LogP contribution < -0.4 is 5.73 Å². The highest BCUT2D eigenvalue weighted by molar-refractivity contribution is 5.95. The molecule has 0 saturated carbocycles. The molecule has 5 heteroatoms. The van der Waals surface area contributed by atoms with Gasteiger partial charge < -0.3 is 5.73 Å². The zero-order valence-corrected chi connectivity index (χ0v) is 9.14. The molecule has 0 atom stereocenters. The van der Waals surface area contributed by atoms with Crippen molar-refractivity contribution in [1.29, 1.82) is 0 Å². The monoisotopic (exact) mass is 233 g/mol. The Labute approximate surface area is 97.9 Å². The average molecular weight is 233 g/mol. The minimum absolute atomic E-state index is 0.235. The molecule has 0 spiro atoms. The summed E-state index contributed by atoms with van der Waals surface area (Å²) in [5.74, 6) is -0.600. The van der Waals surface area contributed by atoms with Gasteiger partial charge in [0.1, 0.15) is 12.1 Å². The molecule has 2 N–H and O–H groups in total. The summed E-state index contributed by atoms with van der Waals surface area (Å²) in [6, 6.07) is 5.40. The van der Waals surface area contributed by atoms with Gasteiger partial charge in [0.05, 0.1) is 5.69 Å². The molecule has 88 valence electrons. The molecule has 0 aliphatic carbocycles. The molecule has 0 radical (unpaired) electrons. The van der Waals surface area contributed by atoms with Gasteiger partial charge in [-0.1, -0.05) is 0 Å². The van der Waals surface area contributed by atoms with Crippen LogP contribution in [0.5, 0.6) is 0 Å². The van der Waals surface area contributed by atoms with Crippen molar-refractivity contribution in [3.8, 4) is 0 Å². The Bertz CT molecular complexity index is 519. The van der Waals surface area contributed by atoms with E-state index >= 15 is 0 Å². The van der Waals surface area contributed by atoms with E-state index in [-0.39, 0.29) is 11.7 Å². The molecule has 0 aliphatic heterocycles. The highest BCUT2D eigenvalue weighted by Crippen LogP contribution is 2.06. The molecular weight excluding hydrogens is 221 g/mol. The zero-order chi connectivity index (χ0) is 12.3. The fourth-order valence-electron chi connectivity index (χ4n) is 1.49. The maximum absolute atomic E-state index is 12.7. The van der Waals surface area contributed by atoms with Gasteiger partial charge in [-0.05, 0) is 30.8 Å². The van der Waals surface area contributed by atoms with Crippen molar-refractivity contribution in [2.45, 2.75) is 6.42 Å². The van der Waals surface area contributed by atoms with Crippen molar-refractivity contribution in [3.63, 3.8) is 0 Å². The number of hydrogen-bond acceptors (Lipinski definition) is 3. The summed E-state index contributed by atoms with van der Waals surface area (Å²) in [6.45, 7) is 0.488. The van der Waals surface area contributed by atoms with Gasteiger partial charge in [0.25, 0.3) is 5.91 Å². The van der Waals surface area contributed by atoms with Gasteiger partial charge >= 0.3 is 0 Å². The van der Waals surface area contributed by atoms with Gasteiger partial charge in [-0.15, -0.1) is 0 Å². The highest BCUT2D eigenvalue weighted by Gasteiger charge is 2.09. The number of imidazole rings is 1. The van der Waals surface area contributed by atoms with Gasteiger partial charge in [-0.3, -0.25) is 9.36 Å². The molecule has 2 rings (SSSR count). The van der Waals surface area contributed by atoms with Crippen LogP contribution >= 0.6 is 0 Å². The number of carbonyl (C=O) groups excluding carboxylic acids is 1. The molecule has 0 fully saturated rings. The fraction of sp³-hybridized carbons (Fsp3) is 0.167. The third-order valence-corrected chi connectivity index (χ3v) is 2.36. The Balaban J connectivity index is 2.21. The van der Waals surface area contributed by atoms with Gasteiger partial charge in [0, 0.05) is 18.2 Å². The predicted molar refractivity (Wildman–Crippen MR) is 61.1 cm³/mol. The summed E-state index contributed by atoms with van der Waals surface area (Å²) >= 11 is 0. The lowest BCUT2D eigenvalue weighted by molar-refractivity contribution is 0.0959. The van der Waals surface area contributed by atoms with E-state index in [2.05, 4.69) is 4.98 Å². The van der Waals surface area contributed by atoms with Gasteiger partial charge in [-0.25, -0.2) is 9.37 Å². The van der Waals surface area contributed by atoms with Crippen LogP contribution in [-0.4, -0.2) is 22.0 Å². The Hall–Kier alpha value is -2.01. The number of rotatable bonds is 3. The second-order valence-corrected chi connectivity index (χ2v) is 3.62. The smallest absolute Gasteiger partial charge is 0.263 e. The molecule has 0 saturated heterocycles. The van der Waals surface area contributed by atoms with Crippen LogP contribution in [0.25, 0.3) is 0 Å². The maximum Gasteiger partial charge on any atom is 0.263 e. The fourth-order valence-corrected chi connectivity index (χ4v) is 1.49. The van der Waals surface area contributed by atoms with Gasteiger partial charge in [0.2, 0.25) is 0 Å². The summed E-state index contributed by atoms with van der Waals surface area (Å²) < 4.78 is 14.1. The molecule has 1 heterocycles. The maximum atomic E-state index is 12.7. The number of aromatic nitrogens is 2. The zero-order valence-electron chi connectivity index (χ0n) is 9.14. The van der Waals surface area contributed by atoms with Gasteiger partial charge in [0.15, 0.2) is 0 Å². The van der Waals surface area contributed by atoms with Crippen molar-refractivity contribution in [2.75, 3.05) is 6.54 Å². The van der Waals surface area contributed by atoms with Crippen LogP contribution in [0.2, 0.25) is 0 Å². The first-order valence-electron chi connectivity index (χ1n) is 5.24. The lowest BCUT2D eigenvalue weighted by Gasteiger charge is -2.00. The van der Waals surface area contributed by atoms with E-state index in [1.54, 1.807) is 6.20 Å². The predicted octanol–water partition coefficient (Wildman–Crippen LogP) is 1.21. The SMILES string of the molecule is NCCc1cn(C(=O)c2ccc(F)cc2)cn1. The molecule has 17 heavy (non-hydrogen) atoms. The summed E-state index contributed by atoms with van der Waals surface area (Å²) in [5, 5.41) is 0. The Morgan fingerprint density at radius 3 is 2.71 bits per heavy atom. The lowest BCUT2D eigenvalue weighted by atomic mass is 10.2. The molecule has 0 aliphatic rings. The van der Waals surface area contributed by atoms with Crippen LogP contribution in [0.1, 0.15) is 16.1 Å². The summed E-state index contributed by atoms with van der Waals surface area (Å²) in [4.78, 5) is 16.0. The second-order valence-electron chi connectivity index (χ2n) is 3.62. The first kappa shape index (κ1) is 11.5. The number of benzene rings is 1. The lowest BCUT2D eigenvalue weighted by Crippen LogP contribution is -2.09. The first-order valence-corrected chi connectivity index (χ1v) is 5.24. The van der Waals surface area contributed by atoms with Crippen molar-refractivity contribution in [3.05, 3.63) is 53.9 Å². The molecular formula is C12H12FN3O. The van der Waals surface area contributed by atoms with E-state index in [0.717, 1.165) is 5.69 Å². The third kappa shape index (κ3) is 2.57. The number of hydrogen-bond donors (Lipinski definition) is 1. The number of halogens is 1. The standard InChI is InChI=1S/C12H12FN3O/c13-10-3-1-9(2-4-10)12(17)16-7-11(5-6-14)15-8-16/h1-4,7-8H,5-6,14H2. The molecule has 1 aromatic heterocycles. The summed E-state index contributed by atoms with van der Waals surface area (Å²) in [5.41, 5.74) is 6.58. The van der Waals surface area contributed by atoms with Crippen molar-refractivity contribution < 1.29 is 9.18 Å². The average Bonchev–Trinajstić information content (AvgIpc) is 2.78. The van der Waals surface area contributed by atoms with E-state index in [9.17, 15) is 9.18 Å². The van der Waals surface area contributed by atoms with Crippen LogP contribution in [0.15, 0.2) is 36.8 Å². The van der Waals surface area contributed by atoms with Crippen molar-refractivity contribution >= 4 is 5.91 Å². The van der Waals surface area contributed by atoms with Crippen LogP contribution in [0, 0.1) is 5.82 Å². The van der Waals surface area contributed by atoms with Crippen LogP contribution in [0.4, 0.5) is 4.39 Å². The van der Waals surface area contributed by atoms with Crippen LogP contribution in [0.3, 0.4) is 0 Å². The van der Waals surface area contributed by atoms with E-state index < -0.39 is 0 Å². The topological polar surface area (TPSA) is 60.9 Å². The van der Waals surface area contributed by atoms with E-state index in [1.165, 1.54) is 35.2 Å². The normalized spacial score (nSPS) is 10.5. The third-order valence-electron chi connectivity index (χ3n) is 2.36. The molecule has 0 bridgehead atoms. The number of nitrogens with two attached hydrogens (primary N) is 1. The molecule has 4 nitrogen and oxygen atoms in total. The van der Waals surface area contributed by atoms with Crippen LogP contribution in [-0.2, 0) is 6.42 Å². The molecule has 1 aromatic carbocycles. The van der Waals surface area contributed by atoms with Crippen molar-refractivity contribution in [2.24, 2.45) is 5.73 Å². The molecule has 0 unspecified atom stereocenters. The first-order chi connectivity index (χ1) is 8.20. The number of nitrogens with zero attached hydrogens (tertiary/aromatic N) is 2. The Morgan fingerprint density at radius 1 is 1.35 bits per heavy atom. The summed E-state index contributed by atoms with van der Waals surface area (Å²) in [6.07, 6.45) is 3.71. The minimum atomic E-state index is -0.365. The highest BCUT2D eigenvalue weighted by atomic mass is 19.1. The van der Waals surface area contributed by atoms with Gasteiger partial charge in [-0.2, -0.15) is 0 Å².